The highest BCUT2D eigenvalue weighted by Crippen LogP contribution is 2.18. The summed E-state index contributed by atoms with van der Waals surface area (Å²) in [5.41, 5.74) is 1.53. The van der Waals surface area contributed by atoms with Gasteiger partial charge in [0.15, 0.2) is 0 Å². The van der Waals surface area contributed by atoms with Gasteiger partial charge in [0.25, 0.3) is 17.6 Å². The topological polar surface area (TPSA) is 68.0 Å². The van der Waals surface area contributed by atoms with Crippen LogP contribution in [0, 0.1) is 5.82 Å². The quantitative estimate of drug-likeness (QED) is 0.802. The second-order valence-electron chi connectivity index (χ2n) is 5.04. The van der Waals surface area contributed by atoms with Gasteiger partial charge in [-0.25, -0.2) is 4.39 Å². The summed E-state index contributed by atoms with van der Waals surface area (Å²) in [4.78, 5) is 16.2. The molecule has 1 N–H and O–H groups in total. The number of rotatable bonds is 4. The summed E-state index contributed by atoms with van der Waals surface area (Å²) in [5, 5.41) is 6.47. The van der Waals surface area contributed by atoms with Crippen LogP contribution in [0.25, 0.3) is 11.5 Å². The number of carbonyl (C=O) groups is 1. The van der Waals surface area contributed by atoms with Crippen LogP contribution in [0.1, 0.15) is 29.1 Å². The van der Waals surface area contributed by atoms with Crippen molar-refractivity contribution in [1.82, 2.24) is 15.5 Å². The largest absolute Gasteiger partial charge is 0.343 e. The molecule has 0 saturated heterocycles. The molecule has 0 spiro atoms. The Balaban J connectivity index is 1.72. The lowest BCUT2D eigenvalue weighted by atomic mass is 10.1. The van der Waals surface area contributed by atoms with E-state index < -0.39 is 5.91 Å². The summed E-state index contributed by atoms with van der Waals surface area (Å²) in [5.74, 6) is -0.684. The minimum absolute atomic E-state index is 0.0629. The average molecular weight is 311 g/mol. The van der Waals surface area contributed by atoms with Gasteiger partial charge in [0.1, 0.15) is 5.82 Å². The minimum Gasteiger partial charge on any atom is -0.343 e. The first-order valence-corrected chi connectivity index (χ1v) is 7.09. The second kappa shape index (κ2) is 6.39. The lowest BCUT2D eigenvalue weighted by Gasteiger charge is -2.12. The van der Waals surface area contributed by atoms with Gasteiger partial charge in [-0.1, -0.05) is 35.5 Å². The summed E-state index contributed by atoms with van der Waals surface area (Å²) in [6.45, 7) is 1.87. The Morgan fingerprint density at radius 3 is 2.52 bits per heavy atom. The lowest BCUT2D eigenvalue weighted by molar-refractivity contribution is 0.0926. The third-order valence-corrected chi connectivity index (χ3v) is 3.37. The molecule has 0 bridgehead atoms. The maximum absolute atomic E-state index is 12.9. The predicted molar refractivity (Wildman–Crippen MR) is 82.0 cm³/mol. The minimum atomic E-state index is -0.432. The SMILES string of the molecule is C[C@@H](NC(=O)c1noc(-c2ccc(F)cc2)n1)c1ccccc1. The highest BCUT2D eigenvalue weighted by atomic mass is 19.1. The molecule has 3 rings (SSSR count). The zero-order valence-corrected chi connectivity index (χ0v) is 12.4. The number of nitrogens with one attached hydrogen (secondary N) is 1. The summed E-state index contributed by atoms with van der Waals surface area (Å²) in [6.07, 6.45) is 0. The Kier molecular flexibility index (Phi) is 4.14. The van der Waals surface area contributed by atoms with E-state index in [2.05, 4.69) is 15.5 Å². The molecule has 2 aromatic carbocycles. The van der Waals surface area contributed by atoms with Crippen LogP contribution in [0.15, 0.2) is 59.1 Å². The fourth-order valence-corrected chi connectivity index (χ4v) is 2.11. The van der Waals surface area contributed by atoms with E-state index in [0.717, 1.165) is 5.56 Å². The van der Waals surface area contributed by atoms with Gasteiger partial charge in [-0.15, -0.1) is 0 Å². The highest BCUT2D eigenvalue weighted by Gasteiger charge is 2.18. The zero-order chi connectivity index (χ0) is 16.2. The smallest absolute Gasteiger partial charge is 0.293 e. The maximum atomic E-state index is 12.9. The first kappa shape index (κ1) is 14.9. The van der Waals surface area contributed by atoms with E-state index in [1.807, 2.05) is 37.3 Å². The Morgan fingerprint density at radius 1 is 1.13 bits per heavy atom. The van der Waals surface area contributed by atoms with Gasteiger partial charge >= 0.3 is 0 Å². The summed E-state index contributed by atoms with van der Waals surface area (Å²) in [6, 6.07) is 15.0. The predicted octanol–water partition coefficient (Wildman–Crippen LogP) is 3.37. The molecular formula is C17H14FN3O2. The Hall–Kier alpha value is -3.02. The van der Waals surface area contributed by atoms with E-state index in [1.165, 1.54) is 24.3 Å². The van der Waals surface area contributed by atoms with Crippen LogP contribution in [0.2, 0.25) is 0 Å². The average Bonchev–Trinajstić information content (AvgIpc) is 3.06. The van der Waals surface area contributed by atoms with Crippen LogP contribution in [-0.4, -0.2) is 16.0 Å². The summed E-state index contributed by atoms with van der Waals surface area (Å²) in [7, 11) is 0. The number of amides is 1. The van der Waals surface area contributed by atoms with Crippen LogP contribution >= 0.6 is 0 Å². The number of hydrogen-bond acceptors (Lipinski definition) is 4. The van der Waals surface area contributed by atoms with Crippen molar-refractivity contribution in [3.05, 3.63) is 71.8 Å². The molecular weight excluding hydrogens is 297 g/mol. The Morgan fingerprint density at radius 2 is 1.83 bits per heavy atom. The molecule has 0 aliphatic heterocycles. The standard InChI is InChI=1S/C17H14FN3O2/c1-11(12-5-3-2-4-6-12)19-16(22)15-20-17(23-21-15)13-7-9-14(18)10-8-13/h2-11H,1H3,(H,19,22)/t11-/m1/s1. The third kappa shape index (κ3) is 3.42. The van der Waals surface area contributed by atoms with Gasteiger partial charge in [-0.3, -0.25) is 4.79 Å². The van der Waals surface area contributed by atoms with E-state index in [-0.39, 0.29) is 23.6 Å². The van der Waals surface area contributed by atoms with Crippen LogP contribution in [-0.2, 0) is 0 Å². The number of benzene rings is 2. The molecule has 6 heteroatoms. The van der Waals surface area contributed by atoms with Gasteiger partial charge in [-0.2, -0.15) is 4.98 Å². The molecule has 5 nitrogen and oxygen atoms in total. The monoisotopic (exact) mass is 311 g/mol. The summed E-state index contributed by atoms with van der Waals surface area (Å²) < 4.78 is 18.0. The van der Waals surface area contributed by atoms with Crippen molar-refractivity contribution in [3.63, 3.8) is 0 Å². The fourth-order valence-electron chi connectivity index (χ4n) is 2.11. The molecule has 0 radical (unpaired) electrons. The Bertz CT molecular complexity index is 800. The van der Waals surface area contributed by atoms with Crippen molar-refractivity contribution in [2.45, 2.75) is 13.0 Å². The Labute approximate surface area is 132 Å². The number of carbonyl (C=O) groups excluding carboxylic acids is 1. The van der Waals surface area contributed by atoms with E-state index in [1.54, 1.807) is 0 Å². The molecule has 1 amide bonds. The molecule has 116 valence electrons. The first-order chi connectivity index (χ1) is 11.1. The van der Waals surface area contributed by atoms with Crippen LogP contribution in [0.3, 0.4) is 0 Å². The van der Waals surface area contributed by atoms with Crippen LogP contribution in [0.4, 0.5) is 4.39 Å². The lowest BCUT2D eigenvalue weighted by Crippen LogP contribution is -2.27. The zero-order valence-electron chi connectivity index (χ0n) is 12.4. The highest BCUT2D eigenvalue weighted by molar-refractivity contribution is 5.90. The van der Waals surface area contributed by atoms with Crippen molar-refractivity contribution in [2.75, 3.05) is 0 Å². The molecule has 0 aliphatic carbocycles. The van der Waals surface area contributed by atoms with Crippen molar-refractivity contribution in [2.24, 2.45) is 0 Å². The second-order valence-corrected chi connectivity index (χ2v) is 5.04. The van der Waals surface area contributed by atoms with Gasteiger partial charge in [-0.05, 0) is 36.8 Å². The fraction of sp³-hybridized carbons (Fsp3) is 0.118. The molecule has 1 aromatic heterocycles. The van der Waals surface area contributed by atoms with E-state index >= 15 is 0 Å². The molecule has 0 unspecified atom stereocenters. The van der Waals surface area contributed by atoms with Gasteiger partial charge < -0.3 is 9.84 Å². The molecule has 0 aliphatic rings. The number of aromatic nitrogens is 2. The number of halogens is 1. The van der Waals surface area contributed by atoms with Crippen molar-refractivity contribution in [3.8, 4) is 11.5 Å². The van der Waals surface area contributed by atoms with Gasteiger partial charge in [0.2, 0.25) is 0 Å². The van der Waals surface area contributed by atoms with Crippen LogP contribution in [0.5, 0.6) is 0 Å². The van der Waals surface area contributed by atoms with Crippen molar-refractivity contribution in [1.29, 1.82) is 0 Å². The van der Waals surface area contributed by atoms with Gasteiger partial charge in [0.05, 0.1) is 6.04 Å². The van der Waals surface area contributed by atoms with Gasteiger partial charge in [0, 0.05) is 5.56 Å². The van der Waals surface area contributed by atoms with E-state index in [4.69, 9.17) is 4.52 Å². The number of hydrogen-bond donors (Lipinski definition) is 1. The van der Waals surface area contributed by atoms with Crippen molar-refractivity contribution < 1.29 is 13.7 Å². The maximum Gasteiger partial charge on any atom is 0.293 e. The molecule has 1 heterocycles. The van der Waals surface area contributed by atoms with E-state index in [0.29, 0.717) is 5.56 Å². The molecule has 3 aromatic rings. The molecule has 0 saturated carbocycles. The van der Waals surface area contributed by atoms with E-state index in [9.17, 15) is 9.18 Å². The normalized spacial score (nSPS) is 11.9. The molecule has 0 fully saturated rings. The summed E-state index contributed by atoms with van der Waals surface area (Å²) >= 11 is 0. The molecule has 1 atom stereocenters. The third-order valence-electron chi connectivity index (χ3n) is 3.37. The first-order valence-electron chi connectivity index (χ1n) is 7.09. The number of nitrogens with zero attached hydrogens (tertiary/aromatic N) is 2. The van der Waals surface area contributed by atoms with Crippen LogP contribution < -0.4 is 5.32 Å². The molecule has 23 heavy (non-hydrogen) atoms. The van der Waals surface area contributed by atoms with Crippen molar-refractivity contribution >= 4 is 5.91 Å².